The van der Waals surface area contributed by atoms with E-state index in [1.54, 1.807) is 12.1 Å². The van der Waals surface area contributed by atoms with Crippen molar-refractivity contribution in [1.29, 1.82) is 0 Å². The van der Waals surface area contributed by atoms with Crippen LogP contribution in [0.4, 0.5) is 0 Å². The number of carbonyl (C=O) groups excluding carboxylic acids is 1. The summed E-state index contributed by atoms with van der Waals surface area (Å²) >= 11 is 7.64. The van der Waals surface area contributed by atoms with Crippen LogP contribution in [0.15, 0.2) is 48.5 Å². The lowest BCUT2D eigenvalue weighted by Crippen LogP contribution is -2.26. The van der Waals surface area contributed by atoms with Crippen LogP contribution in [0.25, 0.3) is 0 Å². The van der Waals surface area contributed by atoms with Crippen molar-refractivity contribution in [1.82, 2.24) is 0 Å². The van der Waals surface area contributed by atoms with Gasteiger partial charge in [0.15, 0.2) is 0 Å². The van der Waals surface area contributed by atoms with Gasteiger partial charge in [0, 0.05) is 3.57 Å². The number of ether oxygens (including phenoxy) is 3. The van der Waals surface area contributed by atoms with Gasteiger partial charge in [-0.25, -0.2) is 4.79 Å². The van der Waals surface area contributed by atoms with Crippen molar-refractivity contribution >= 4 is 40.2 Å². The van der Waals surface area contributed by atoms with Gasteiger partial charge in [-0.1, -0.05) is 41.9 Å². The van der Waals surface area contributed by atoms with Gasteiger partial charge < -0.3 is 14.2 Å². The molecule has 2 rings (SSSR count). The van der Waals surface area contributed by atoms with Crippen molar-refractivity contribution in [2.45, 2.75) is 19.4 Å². The normalized spacial score (nSPS) is 11.2. The van der Waals surface area contributed by atoms with Crippen LogP contribution in [0.2, 0.25) is 0 Å². The summed E-state index contributed by atoms with van der Waals surface area (Å²) in [7, 11) is 0. The SMILES string of the molecule is CC(C)(OC(=O)c1ccc(I)cc1OCCOCCl)c1ccccc1. The molecule has 0 bridgehead atoms. The molecule has 0 N–H and O–H groups in total. The summed E-state index contributed by atoms with van der Waals surface area (Å²) in [5.74, 6) is 0.0393. The third-order valence-corrected chi connectivity index (χ3v) is 4.37. The van der Waals surface area contributed by atoms with Gasteiger partial charge in [-0.2, -0.15) is 0 Å². The molecule has 0 aliphatic rings. The molecule has 0 unspecified atom stereocenters. The minimum atomic E-state index is -0.750. The molecule has 0 spiro atoms. The van der Waals surface area contributed by atoms with E-state index in [9.17, 15) is 4.79 Å². The molecule has 0 atom stereocenters. The summed E-state index contributed by atoms with van der Waals surface area (Å²) in [4.78, 5) is 12.7. The first-order chi connectivity index (χ1) is 11.9. The van der Waals surface area contributed by atoms with Crippen LogP contribution in [0.3, 0.4) is 0 Å². The first-order valence-electron chi connectivity index (χ1n) is 7.79. The zero-order valence-electron chi connectivity index (χ0n) is 14.1. The highest BCUT2D eigenvalue weighted by Crippen LogP contribution is 2.29. The molecule has 0 amide bonds. The fraction of sp³-hybridized carbons (Fsp3) is 0.316. The summed E-state index contributed by atoms with van der Waals surface area (Å²) in [6, 6.07) is 15.1. The first-order valence-corrected chi connectivity index (χ1v) is 9.40. The van der Waals surface area contributed by atoms with Crippen LogP contribution >= 0.6 is 34.2 Å². The highest BCUT2D eigenvalue weighted by atomic mass is 127. The van der Waals surface area contributed by atoms with Crippen molar-refractivity contribution in [3.63, 3.8) is 0 Å². The molecule has 134 valence electrons. The molecule has 0 heterocycles. The van der Waals surface area contributed by atoms with Crippen LogP contribution in [-0.4, -0.2) is 25.2 Å². The maximum atomic E-state index is 12.7. The van der Waals surface area contributed by atoms with Gasteiger partial charge in [0.1, 0.15) is 29.6 Å². The summed E-state index contributed by atoms with van der Waals surface area (Å²) in [6.45, 7) is 4.37. The number of hydrogen-bond donors (Lipinski definition) is 0. The molecule has 0 aliphatic carbocycles. The van der Waals surface area contributed by atoms with E-state index in [-0.39, 0.29) is 6.07 Å². The Kier molecular flexibility index (Phi) is 7.53. The number of halogens is 2. The van der Waals surface area contributed by atoms with Crippen LogP contribution in [0.5, 0.6) is 5.75 Å². The van der Waals surface area contributed by atoms with Gasteiger partial charge >= 0.3 is 5.97 Å². The zero-order chi connectivity index (χ0) is 18.3. The minimum Gasteiger partial charge on any atom is -0.490 e. The minimum absolute atomic E-state index is 0.107. The summed E-state index contributed by atoms with van der Waals surface area (Å²) in [6.07, 6.45) is 0. The number of benzene rings is 2. The Morgan fingerprint density at radius 2 is 1.84 bits per heavy atom. The van der Waals surface area contributed by atoms with E-state index < -0.39 is 11.6 Å². The maximum absolute atomic E-state index is 12.7. The largest absolute Gasteiger partial charge is 0.490 e. The molecule has 0 saturated heterocycles. The van der Waals surface area contributed by atoms with E-state index in [1.807, 2.05) is 50.2 Å². The smallest absolute Gasteiger partial charge is 0.342 e. The molecule has 2 aromatic rings. The van der Waals surface area contributed by atoms with Crippen molar-refractivity contribution in [2.75, 3.05) is 19.3 Å². The monoisotopic (exact) mass is 474 g/mol. The fourth-order valence-electron chi connectivity index (χ4n) is 2.23. The lowest BCUT2D eigenvalue weighted by molar-refractivity contribution is -0.00357. The number of esters is 1. The maximum Gasteiger partial charge on any atom is 0.342 e. The Morgan fingerprint density at radius 1 is 1.12 bits per heavy atom. The highest BCUT2D eigenvalue weighted by Gasteiger charge is 2.27. The van der Waals surface area contributed by atoms with Gasteiger partial charge in [0.05, 0.1) is 6.61 Å². The van der Waals surface area contributed by atoms with E-state index in [2.05, 4.69) is 22.6 Å². The van der Waals surface area contributed by atoms with Gasteiger partial charge in [0.25, 0.3) is 0 Å². The topological polar surface area (TPSA) is 44.8 Å². The van der Waals surface area contributed by atoms with E-state index >= 15 is 0 Å². The molecule has 4 nitrogen and oxygen atoms in total. The molecular weight excluding hydrogens is 455 g/mol. The Morgan fingerprint density at radius 3 is 2.52 bits per heavy atom. The average molecular weight is 475 g/mol. The van der Waals surface area contributed by atoms with E-state index in [1.165, 1.54) is 0 Å². The van der Waals surface area contributed by atoms with Crippen molar-refractivity contribution < 1.29 is 19.0 Å². The van der Waals surface area contributed by atoms with E-state index in [4.69, 9.17) is 25.8 Å². The van der Waals surface area contributed by atoms with Gasteiger partial charge in [-0.05, 0) is 60.2 Å². The van der Waals surface area contributed by atoms with Crippen molar-refractivity contribution in [3.05, 3.63) is 63.2 Å². The number of hydrogen-bond acceptors (Lipinski definition) is 4. The summed E-state index contributed by atoms with van der Waals surface area (Å²) in [5, 5.41) is 0. The zero-order valence-corrected chi connectivity index (χ0v) is 17.0. The van der Waals surface area contributed by atoms with Gasteiger partial charge in [0.2, 0.25) is 0 Å². The number of rotatable bonds is 8. The average Bonchev–Trinajstić information content (AvgIpc) is 2.59. The second-order valence-electron chi connectivity index (χ2n) is 5.77. The van der Waals surface area contributed by atoms with Crippen LogP contribution in [0.1, 0.15) is 29.8 Å². The van der Waals surface area contributed by atoms with Crippen LogP contribution in [-0.2, 0) is 15.1 Å². The fourth-order valence-corrected chi connectivity index (χ4v) is 2.81. The Bertz CT molecular complexity index is 704. The van der Waals surface area contributed by atoms with E-state index in [0.717, 1.165) is 9.13 Å². The van der Waals surface area contributed by atoms with Crippen molar-refractivity contribution in [2.24, 2.45) is 0 Å². The quantitative estimate of drug-likeness (QED) is 0.234. The lowest BCUT2D eigenvalue weighted by atomic mass is 9.98. The molecule has 0 aromatic heterocycles. The van der Waals surface area contributed by atoms with Crippen molar-refractivity contribution in [3.8, 4) is 5.75 Å². The highest BCUT2D eigenvalue weighted by molar-refractivity contribution is 14.1. The molecule has 25 heavy (non-hydrogen) atoms. The molecule has 2 aromatic carbocycles. The molecule has 0 fully saturated rings. The molecule has 6 heteroatoms. The molecule has 0 saturated carbocycles. The Balaban J connectivity index is 2.15. The van der Waals surface area contributed by atoms with E-state index in [0.29, 0.717) is 24.5 Å². The predicted octanol–water partition coefficient (Wildman–Crippen LogP) is 4.98. The molecular formula is C19H20ClIO4. The van der Waals surface area contributed by atoms with Crippen LogP contribution < -0.4 is 4.74 Å². The first kappa shape index (κ1) is 20.0. The summed E-state index contributed by atoms with van der Waals surface area (Å²) in [5.41, 5.74) is 0.558. The lowest BCUT2D eigenvalue weighted by Gasteiger charge is -2.26. The third kappa shape index (κ3) is 5.87. The van der Waals surface area contributed by atoms with Crippen LogP contribution in [0, 0.1) is 3.57 Å². The number of carbonyl (C=O) groups is 1. The molecule has 0 radical (unpaired) electrons. The predicted molar refractivity (Wildman–Crippen MR) is 106 cm³/mol. The molecule has 0 aliphatic heterocycles. The third-order valence-electron chi connectivity index (χ3n) is 3.54. The summed E-state index contributed by atoms with van der Waals surface area (Å²) < 4.78 is 17.4. The number of alkyl halides is 1. The van der Waals surface area contributed by atoms with Gasteiger partial charge in [-0.3, -0.25) is 0 Å². The Labute approximate surface area is 166 Å². The second kappa shape index (κ2) is 9.40. The van der Waals surface area contributed by atoms with Gasteiger partial charge in [-0.15, -0.1) is 0 Å². The second-order valence-corrected chi connectivity index (χ2v) is 7.24. The standard InChI is InChI=1S/C19H20ClIO4/c1-19(2,14-6-4-3-5-7-14)25-18(22)16-9-8-15(21)12-17(16)24-11-10-23-13-20/h3-9,12H,10-11,13H2,1-2H3. The Hall–Kier alpha value is -1.31.